The largest absolute Gasteiger partial charge is 0.472 e. The number of rotatable bonds is 64. The number of ether oxygens (including phenoxy) is 4. The van der Waals surface area contributed by atoms with Gasteiger partial charge in [-0.15, -0.1) is 0 Å². The Balaban J connectivity index is 5.26. The number of esters is 4. The van der Waals surface area contributed by atoms with Gasteiger partial charge >= 0.3 is 39.5 Å². The van der Waals surface area contributed by atoms with Crippen molar-refractivity contribution in [2.75, 3.05) is 39.6 Å². The van der Waals surface area contributed by atoms with Crippen LogP contribution in [-0.2, 0) is 65.4 Å². The number of carbonyl (C=O) groups excluding carboxylic acids is 4. The highest BCUT2D eigenvalue weighted by molar-refractivity contribution is 7.47. The Bertz CT molecular complexity index is 1710. The first-order chi connectivity index (χ1) is 41.1. The maximum Gasteiger partial charge on any atom is 0.472 e. The summed E-state index contributed by atoms with van der Waals surface area (Å²) in [7, 11) is -9.90. The van der Waals surface area contributed by atoms with Gasteiger partial charge in [0.2, 0.25) is 0 Å². The van der Waals surface area contributed by atoms with Crippen molar-refractivity contribution in [2.24, 2.45) is 23.7 Å². The summed E-state index contributed by atoms with van der Waals surface area (Å²) in [6.45, 7) is 14.0. The highest BCUT2D eigenvalue weighted by Crippen LogP contribution is 2.45. The third-order valence-electron chi connectivity index (χ3n) is 15.3. The highest BCUT2D eigenvalue weighted by atomic mass is 31.2. The SMILES string of the molecule is CC(C)CCCCCCCCCCCCC(=O)O[C@H](COC(=O)CCCCCCCCCCCC(C)C)COP(=O)(O)OCC(O)COP(=O)(O)OC[C@@H](COC(=O)CCCCCCCCCC(C)C)OC(=O)CCCCCCCCCCC(C)C. The minimum absolute atomic E-state index is 0.103. The van der Waals surface area contributed by atoms with Gasteiger partial charge in [0.15, 0.2) is 12.2 Å². The summed E-state index contributed by atoms with van der Waals surface area (Å²) < 4.78 is 68.1. The van der Waals surface area contributed by atoms with Crippen molar-refractivity contribution < 1.29 is 80.2 Å². The molecule has 0 aromatic heterocycles. The topological polar surface area (TPSA) is 237 Å². The number of hydrogen-bond acceptors (Lipinski definition) is 15. The zero-order chi connectivity index (χ0) is 63.9. The van der Waals surface area contributed by atoms with Crippen molar-refractivity contribution in [2.45, 2.75) is 343 Å². The Labute approximate surface area is 524 Å². The Morgan fingerprint density at radius 2 is 0.488 bits per heavy atom. The molecule has 17 nitrogen and oxygen atoms in total. The molecule has 0 radical (unpaired) electrons. The summed E-state index contributed by atoms with van der Waals surface area (Å²) in [5.74, 6) is 0.783. The molecule has 0 fully saturated rings. The summed E-state index contributed by atoms with van der Waals surface area (Å²) in [6.07, 6.45) is 37.7. The Morgan fingerprint density at radius 3 is 0.721 bits per heavy atom. The van der Waals surface area contributed by atoms with Crippen molar-refractivity contribution in [3.63, 3.8) is 0 Å². The molecule has 0 saturated carbocycles. The van der Waals surface area contributed by atoms with Gasteiger partial charge in [-0.2, -0.15) is 0 Å². The number of hydrogen-bond donors (Lipinski definition) is 3. The molecule has 3 N–H and O–H groups in total. The van der Waals surface area contributed by atoms with E-state index in [1.165, 1.54) is 122 Å². The standard InChI is InChI=1S/C67H130O17P2/c1-57(2)43-35-27-19-12-9-10-14-24-33-41-49-66(71)83-62(53-77-64(69)47-39-31-23-15-11-13-20-28-36-44-58(3)4)55-81-85(73,74)79-51-61(68)52-80-86(75,76)82-56-63(54-78-65(70)48-40-32-26-18-22-30-38-46-60(7)8)84-67(72)50-42-34-25-17-16-21-29-37-45-59(5)6/h57-63,68H,9-56H2,1-8H3,(H,73,74)(H,75,76)/t61?,62-,63-/m1/s1. The zero-order valence-electron chi connectivity index (χ0n) is 55.9. The van der Waals surface area contributed by atoms with E-state index < -0.39 is 97.5 Å². The molecule has 0 amide bonds. The fraction of sp³-hybridized carbons (Fsp3) is 0.940. The number of aliphatic hydroxyl groups excluding tert-OH is 1. The normalized spacial score (nSPS) is 14.4. The van der Waals surface area contributed by atoms with Crippen LogP contribution >= 0.6 is 15.6 Å². The molecule has 0 bridgehead atoms. The first-order valence-electron chi connectivity index (χ1n) is 34.7. The van der Waals surface area contributed by atoms with Crippen LogP contribution in [0.5, 0.6) is 0 Å². The lowest BCUT2D eigenvalue weighted by Crippen LogP contribution is -2.30. The predicted octanol–water partition coefficient (Wildman–Crippen LogP) is 18.5. The summed E-state index contributed by atoms with van der Waals surface area (Å²) in [5, 5.41) is 10.6. The van der Waals surface area contributed by atoms with Gasteiger partial charge in [0, 0.05) is 25.7 Å². The van der Waals surface area contributed by atoms with E-state index in [0.29, 0.717) is 31.6 Å². The second kappa shape index (κ2) is 57.0. The summed E-state index contributed by atoms with van der Waals surface area (Å²) >= 11 is 0. The number of carbonyl (C=O) groups is 4. The average Bonchev–Trinajstić information content (AvgIpc) is 3.57. The fourth-order valence-electron chi connectivity index (χ4n) is 9.96. The lowest BCUT2D eigenvalue weighted by atomic mass is 10.0. The van der Waals surface area contributed by atoms with Gasteiger partial charge in [0.1, 0.15) is 19.3 Å². The van der Waals surface area contributed by atoms with Crippen LogP contribution < -0.4 is 0 Å². The molecule has 3 unspecified atom stereocenters. The number of aliphatic hydroxyl groups is 1. The first-order valence-corrected chi connectivity index (χ1v) is 37.7. The molecule has 0 rings (SSSR count). The van der Waals surface area contributed by atoms with Gasteiger partial charge in [-0.1, -0.05) is 274 Å². The number of phosphoric ester groups is 2. The molecular weight excluding hydrogens is 1140 g/mol. The molecule has 0 aliphatic rings. The van der Waals surface area contributed by atoms with E-state index >= 15 is 0 Å². The van der Waals surface area contributed by atoms with E-state index in [4.69, 9.17) is 37.0 Å². The molecule has 0 aliphatic heterocycles. The van der Waals surface area contributed by atoms with Crippen molar-refractivity contribution in [3.8, 4) is 0 Å². The Kier molecular flexibility index (Phi) is 55.7. The quantitative estimate of drug-likeness (QED) is 0.0222. The minimum atomic E-state index is -4.95. The Hall–Kier alpha value is -1.94. The summed E-state index contributed by atoms with van der Waals surface area (Å²) in [4.78, 5) is 72.4. The Morgan fingerprint density at radius 1 is 0.291 bits per heavy atom. The summed E-state index contributed by atoms with van der Waals surface area (Å²) in [6, 6.07) is 0. The molecule has 5 atom stereocenters. The lowest BCUT2D eigenvalue weighted by Gasteiger charge is -2.21. The van der Waals surface area contributed by atoms with Crippen LogP contribution in [0, 0.1) is 23.7 Å². The molecule has 0 aromatic carbocycles. The van der Waals surface area contributed by atoms with E-state index in [-0.39, 0.29) is 25.7 Å². The van der Waals surface area contributed by atoms with Crippen LogP contribution in [0.15, 0.2) is 0 Å². The van der Waals surface area contributed by atoms with Gasteiger partial charge in [0.05, 0.1) is 26.4 Å². The van der Waals surface area contributed by atoms with E-state index in [2.05, 4.69) is 55.4 Å². The molecule has 0 heterocycles. The molecule has 0 saturated heterocycles. The van der Waals surface area contributed by atoms with Crippen LogP contribution in [0.2, 0.25) is 0 Å². The molecule has 0 spiro atoms. The molecular formula is C67H130O17P2. The van der Waals surface area contributed by atoms with Crippen molar-refractivity contribution in [1.82, 2.24) is 0 Å². The maximum absolute atomic E-state index is 13.0. The van der Waals surface area contributed by atoms with Gasteiger partial charge in [0.25, 0.3) is 0 Å². The monoisotopic (exact) mass is 1270 g/mol. The molecule has 0 aliphatic carbocycles. The van der Waals surface area contributed by atoms with Crippen LogP contribution in [0.1, 0.15) is 325 Å². The van der Waals surface area contributed by atoms with E-state index in [1.807, 2.05) is 0 Å². The first kappa shape index (κ1) is 84.1. The van der Waals surface area contributed by atoms with Gasteiger partial charge < -0.3 is 33.8 Å². The third kappa shape index (κ3) is 60.9. The predicted molar refractivity (Wildman–Crippen MR) is 344 cm³/mol. The second-order valence-corrected chi connectivity index (χ2v) is 29.0. The van der Waals surface area contributed by atoms with E-state index in [1.54, 1.807) is 0 Å². The minimum Gasteiger partial charge on any atom is -0.462 e. The molecule has 0 aromatic rings. The zero-order valence-corrected chi connectivity index (χ0v) is 57.7. The van der Waals surface area contributed by atoms with Crippen molar-refractivity contribution in [1.29, 1.82) is 0 Å². The highest BCUT2D eigenvalue weighted by Gasteiger charge is 2.30. The van der Waals surface area contributed by atoms with Crippen LogP contribution in [0.4, 0.5) is 0 Å². The molecule has 510 valence electrons. The van der Waals surface area contributed by atoms with Crippen LogP contribution in [-0.4, -0.2) is 96.7 Å². The third-order valence-corrected chi connectivity index (χ3v) is 17.2. The van der Waals surface area contributed by atoms with Crippen LogP contribution in [0.3, 0.4) is 0 Å². The summed E-state index contributed by atoms with van der Waals surface area (Å²) in [5.41, 5.74) is 0. The molecule has 19 heteroatoms. The van der Waals surface area contributed by atoms with Crippen LogP contribution in [0.25, 0.3) is 0 Å². The van der Waals surface area contributed by atoms with Crippen molar-refractivity contribution in [3.05, 3.63) is 0 Å². The van der Waals surface area contributed by atoms with E-state index in [9.17, 15) is 43.2 Å². The lowest BCUT2D eigenvalue weighted by molar-refractivity contribution is -0.161. The second-order valence-electron chi connectivity index (χ2n) is 26.1. The molecule has 86 heavy (non-hydrogen) atoms. The maximum atomic E-state index is 13.0. The van der Waals surface area contributed by atoms with Gasteiger partial charge in [-0.05, 0) is 49.4 Å². The average molecular weight is 1270 g/mol. The van der Waals surface area contributed by atoms with Gasteiger partial charge in [-0.25, -0.2) is 9.13 Å². The van der Waals surface area contributed by atoms with Crippen molar-refractivity contribution >= 4 is 39.5 Å². The van der Waals surface area contributed by atoms with Gasteiger partial charge in [-0.3, -0.25) is 37.3 Å². The van der Waals surface area contributed by atoms with E-state index in [0.717, 1.165) is 114 Å². The smallest absolute Gasteiger partial charge is 0.462 e. The fourth-order valence-corrected chi connectivity index (χ4v) is 11.5. The number of unbranched alkanes of at least 4 members (excludes halogenated alkanes) is 30. The number of phosphoric acid groups is 2.